The molecule has 1 fully saturated rings. The number of aromatic nitrogens is 2. The summed E-state index contributed by atoms with van der Waals surface area (Å²) in [5.74, 6) is 1.04. The first-order chi connectivity index (χ1) is 11.8. The van der Waals surface area contributed by atoms with Gasteiger partial charge in [-0.1, -0.05) is 25.1 Å². The minimum Gasteiger partial charge on any atom is -0.336 e. The molecule has 0 aliphatic carbocycles. The van der Waals surface area contributed by atoms with E-state index in [9.17, 15) is 4.79 Å². The maximum Gasteiger partial charge on any atom is 0.253 e. The number of piperazine rings is 1. The molecular weight excluding hydrogens is 300 g/mol. The van der Waals surface area contributed by atoms with Gasteiger partial charge in [0.15, 0.2) is 0 Å². The molecule has 1 aliphatic rings. The Labute approximate surface area is 143 Å². The number of carbonyl (C=O) groups excluding carboxylic acids is 1. The molecular formula is C19H24N4O. The predicted molar refractivity (Wildman–Crippen MR) is 93.6 cm³/mol. The molecule has 126 valence electrons. The summed E-state index contributed by atoms with van der Waals surface area (Å²) in [4.78, 5) is 25.6. The van der Waals surface area contributed by atoms with Crippen LogP contribution in [0.3, 0.4) is 0 Å². The normalized spacial score (nSPS) is 15.5. The van der Waals surface area contributed by atoms with Crippen molar-refractivity contribution in [3.8, 4) is 0 Å². The van der Waals surface area contributed by atoms with Crippen molar-refractivity contribution in [1.29, 1.82) is 0 Å². The van der Waals surface area contributed by atoms with Crippen LogP contribution in [0.4, 0.5) is 0 Å². The lowest BCUT2D eigenvalue weighted by Gasteiger charge is -2.34. The van der Waals surface area contributed by atoms with E-state index in [0.29, 0.717) is 0 Å². The van der Waals surface area contributed by atoms with Gasteiger partial charge in [0.25, 0.3) is 5.91 Å². The van der Waals surface area contributed by atoms with Crippen LogP contribution < -0.4 is 0 Å². The zero-order chi connectivity index (χ0) is 16.8. The van der Waals surface area contributed by atoms with E-state index in [4.69, 9.17) is 0 Å². The molecule has 1 amide bonds. The summed E-state index contributed by atoms with van der Waals surface area (Å²) in [6.45, 7) is 6.28. The molecule has 5 heteroatoms. The molecule has 0 spiro atoms. The summed E-state index contributed by atoms with van der Waals surface area (Å²) in [7, 11) is 0. The van der Waals surface area contributed by atoms with Gasteiger partial charge in [0, 0.05) is 62.7 Å². The average Bonchev–Trinajstić information content (AvgIpc) is 2.64. The van der Waals surface area contributed by atoms with E-state index in [1.165, 1.54) is 0 Å². The summed E-state index contributed by atoms with van der Waals surface area (Å²) in [6.07, 6.45) is 5.86. The number of benzene rings is 1. The first-order valence-corrected chi connectivity index (χ1v) is 8.62. The van der Waals surface area contributed by atoms with Gasteiger partial charge in [0.2, 0.25) is 0 Å². The molecule has 1 saturated heterocycles. The van der Waals surface area contributed by atoms with Gasteiger partial charge in [-0.3, -0.25) is 9.69 Å². The van der Waals surface area contributed by atoms with E-state index in [1.54, 1.807) is 0 Å². The second kappa shape index (κ2) is 8.02. The Bertz CT molecular complexity index is 649. The number of hydrogen-bond donors (Lipinski definition) is 0. The van der Waals surface area contributed by atoms with Gasteiger partial charge in [-0.25, -0.2) is 9.97 Å². The summed E-state index contributed by atoms with van der Waals surface area (Å²) in [5, 5.41) is 0. The van der Waals surface area contributed by atoms with Crippen LogP contribution in [0.25, 0.3) is 0 Å². The van der Waals surface area contributed by atoms with E-state index in [0.717, 1.165) is 62.5 Å². The van der Waals surface area contributed by atoms with Crippen LogP contribution in [0, 0.1) is 0 Å². The van der Waals surface area contributed by atoms with Crippen molar-refractivity contribution in [2.75, 3.05) is 26.2 Å². The topological polar surface area (TPSA) is 49.3 Å². The van der Waals surface area contributed by atoms with Crippen LogP contribution in [-0.2, 0) is 13.0 Å². The molecule has 1 aliphatic heterocycles. The van der Waals surface area contributed by atoms with Crippen molar-refractivity contribution >= 4 is 5.91 Å². The van der Waals surface area contributed by atoms with Gasteiger partial charge in [-0.05, 0) is 18.6 Å². The molecule has 1 aromatic heterocycles. The molecule has 1 aromatic carbocycles. The summed E-state index contributed by atoms with van der Waals surface area (Å²) in [6, 6.07) is 9.51. The molecule has 0 bridgehead atoms. The predicted octanol–water partition coefficient (Wildman–Crippen LogP) is 2.39. The third-order valence-corrected chi connectivity index (χ3v) is 4.32. The highest BCUT2D eigenvalue weighted by molar-refractivity contribution is 5.94. The van der Waals surface area contributed by atoms with E-state index in [2.05, 4.69) is 21.8 Å². The molecule has 2 heterocycles. The third-order valence-electron chi connectivity index (χ3n) is 4.32. The number of hydrogen-bond acceptors (Lipinski definition) is 4. The van der Waals surface area contributed by atoms with Crippen LogP contribution in [0.2, 0.25) is 0 Å². The van der Waals surface area contributed by atoms with Crippen molar-refractivity contribution < 1.29 is 4.79 Å². The standard InChI is InChI=1S/C19H24N4O/c1-2-6-18-20-13-16(14-21-18)15-22-9-11-23(12-10-22)19(24)17-7-4-3-5-8-17/h3-5,7-8,13-14H,2,6,9-12,15H2,1H3. The van der Waals surface area contributed by atoms with Gasteiger partial charge in [-0.2, -0.15) is 0 Å². The van der Waals surface area contributed by atoms with Crippen LogP contribution >= 0.6 is 0 Å². The fraction of sp³-hybridized carbons (Fsp3) is 0.421. The lowest BCUT2D eigenvalue weighted by molar-refractivity contribution is 0.0628. The SMILES string of the molecule is CCCc1ncc(CN2CCN(C(=O)c3ccccc3)CC2)cn1. The number of aryl methyl sites for hydroxylation is 1. The van der Waals surface area contributed by atoms with Gasteiger partial charge in [0.1, 0.15) is 5.82 Å². The number of nitrogens with zero attached hydrogens (tertiary/aromatic N) is 4. The van der Waals surface area contributed by atoms with Crippen LogP contribution in [0.5, 0.6) is 0 Å². The Kier molecular flexibility index (Phi) is 5.54. The largest absolute Gasteiger partial charge is 0.336 e. The maximum absolute atomic E-state index is 12.5. The third kappa shape index (κ3) is 4.17. The minimum absolute atomic E-state index is 0.127. The van der Waals surface area contributed by atoms with Crippen molar-refractivity contribution in [3.63, 3.8) is 0 Å². The molecule has 0 unspecified atom stereocenters. The summed E-state index contributed by atoms with van der Waals surface area (Å²) < 4.78 is 0. The molecule has 24 heavy (non-hydrogen) atoms. The van der Waals surface area contributed by atoms with Crippen molar-refractivity contribution in [1.82, 2.24) is 19.8 Å². The van der Waals surface area contributed by atoms with Gasteiger partial charge < -0.3 is 4.90 Å². The fourth-order valence-corrected chi connectivity index (χ4v) is 2.95. The van der Waals surface area contributed by atoms with E-state index in [1.807, 2.05) is 47.6 Å². The highest BCUT2D eigenvalue weighted by Gasteiger charge is 2.22. The Hall–Kier alpha value is -2.27. The number of carbonyl (C=O) groups is 1. The Morgan fingerprint density at radius 3 is 2.33 bits per heavy atom. The highest BCUT2D eigenvalue weighted by Crippen LogP contribution is 2.11. The first-order valence-electron chi connectivity index (χ1n) is 8.62. The monoisotopic (exact) mass is 324 g/mol. The van der Waals surface area contributed by atoms with Crippen molar-refractivity contribution in [2.45, 2.75) is 26.3 Å². The van der Waals surface area contributed by atoms with Crippen LogP contribution in [0.1, 0.15) is 35.1 Å². The second-order valence-corrected chi connectivity index (χ2v) is 6.19. The van der Waals surface area contributed by atoms with E-state index >= 15 is 0 Å². The fourth-order valence-electron chi connectivity index (χ4n) is 2.95. The van der Waals surface area contributed by atoms with Gasteiger partial charge in [0.05, 0.1) is 0 Å². The second-order valence-electron chi connectivity index (χ2n) is 6.19. The molecule has 2 aromatic rings. The van der Waals surface area contributed by atoms with Crippen molar-refractivity contribution in [2.24, 2.45) is 0 Å². The van der Waals surface area contributed by atoms with E-state index < -0.39 is 0 Å². The quantitative estimate of drug-likeness (QED) is 0.847. The Morgan fingerprint density at radius 2 is 1.71 bits per heavy atom. The molecule has 3 rings (SSSR count). The molecule has 0 N–H and O–H groups in total. The zero-order valence-electron chi connectivity index (χ0n) is 14.2. The Balaban J connectivity index is 1.51. The van der Waals surface area contributed by atoms with Crippen LogP contribution in [-0.4, -0.2) is 51.9 Å². The first kappa shape index (κ1) is 16.6. The smallest absolute Gasteiger partial charge is 0.253 e. The van der Waals surface area contributed by atoms with Gasteiger partial charge in [-0.15, -0.1) is 0 Å². The summed E-state index contributed by atoms with van der Waals surface area (Å²) >= 11 is 0. The van der Waals surface area contributed by atoms with Gasteiger partial charge >= 0.3 is 0 Å². The number of rotatable bonds is 5. The Morgan fingerprint density at radius 1 is 1.04 bits per heavy atom. The average molecular weight is 324 g/mol. The minimum atomic E-state index is 0.127. The van der Waals surface area contributed by atoms with E-state index in [-0.39, 0.29) is 5.91 Å². The maximum atomic E-state index is 12.5. The summed E-state index contributed by atoms with van der Waals surface area (Å²) in [5.41, 5.74) is 1.91. The van der Waals surface area contributed by atoms with Crippen LogP contribution in [0.15, 0.2) is 42.7 Å². The lowest BCUT2D eigenvalue weighted by atomic mass is 10.2. The lowest BCUT2D eigenvalue weighted by Crippen LogP contribution is -2.48. The zero-order valence-corrected chi connectivity index (χ0v) is 14.2. The highest BCUT2D eigenvalue weighted by atomic mass is 16.2. The van der Waals surface area contributed by atoms with Crippen molar-refractivity contribution in [3.05, 3.63) is 59.7 Å². The molecule has 5 nitrogen and oxygen atoms in total. The molecule has 0 atom stereocenters. The number of amides is 1. The molecule has 0 saturated carbocycles. The molecule has 0 radical (unpaired) electrons.